The maximum atomic E-state index is 12.8. The smallest absolute Gasteiger partial charge is 0.407 e. The summed E-state index contributed by atoms with van der Waals surface area (Å²) in [5.41, 5.74) is -0.265. The molecule has 22 heavy (non-hydrogen) atoms. The van der Waals surface area contributed by atoms with Crippen LogP contribution in [0.5, 0.6) is 0 Å². The summed E-state index contributed by atoms with van der Waals surface area (Å²) < 4.78 is 5.02. The third-order valence-corrected chi connectivity index (χ3v) is 5.07. The highest BCUT2D eigenvalue weighted by molar-refractivity contribution is 5.82. The Labute approximate surface area is 131 Å². The Hall–Kier alpha value is -1.74. The number of cyclic esters (lactones) is 1. The van der Waals surface area contributed by atoms with Crippen LogP contribution in [0.3, 0.4) is 0 Å². The van der Waals surface area contributed by atoms with Gasteiger partial charge >= 0.3 is 6.09 Å². The van der Waals surface area contributed by atoms with Gasteiger partial charge in [0.25, 0.3) is 0 Å². The quantitative estimate of drug-likeness (QED) is 0.758. The van der Waals surface area contributed by atoms with Gasteiger partial charge in [-0.25, -0.2) is 4.79 Å². The van der Waals surface area contributed by atoms with Crippen LogP contribution in [0.25, 0.3) is 0 Å². The zero-order chi connectivity index (χ0) is 15.6. The van der Waals surface area contributed by atoms with Crippen molar-refractivity contribution >= 4 is 12.0 Å². The van der Waals surface area contributed by atoms with Gasteiger partial charge in [0.2, 0.25) is 5.91 Å². The molecule has 0 unspecified atom stereocenters. The van der Waals surface area contributed by atoms with Crippen LogP contribution in [0.4, 0.5) is 4.79 Å². The molecule has 3 saturated heterocycles. The summed E-state index contributed by atoms with van der Waals surface area (Å²) in [6.07, 6.45) is 9.68. The number of rotatable bonds is 2. The number of nitrogens with zero attached hydrogens (tertiary/aromatic N) is 2. The van der Waals surface area contributed by atoms with Gasteiger partial charge in [-0.15, -0.1) is 6.42 Å². The summed E-state index contributed by atoms with van der Waals surface area (Å²) in [7, 11) is 0. The van der Waals surface area contributed by atoms with Crippen LogP contribution in [0.15, 0.2) is 0 Å². The van der Waals surface area contributed by atoms with Crippen molar-refractivity contribution < 1.29 is 14.3 Å². The van der Waals surface area contributed by atoms with Crippen LogP contribution in [0, 0.1) is 12.3 Å². The molecular formula is C16H23N3O3. The normalized spacial score (nSPS) is 28.0. The summed E-state index contributed by atoms with van der Waals surface area (Å²) in [5.74, 6) is 2.85. The van der Waals surface area contributed by atoms with Crippen molar-refractivity contribution in [2.24, 2.45) is 0 Å². The van der Waals surface area contributed by atoms with Crippen LogP contribution in [0.1, 0.15) is 32.1 Å². The summed E-state index contributed by atoms with van der Waals surface area (Å²) in [6, 6.07) is -0.0757. The molecule has 0 aromatic carbocycles. The lowest BCUT2D eigenvalue weighted by atomic mass is 9.88. The first kappa shape index (κ1) is 15.2. The minimum Gasteiger partial charge on any atom is -0.447 e. The largest absolute Gasteiger partial charge is 0.447 e. The fourth-order valence-corrected chi connectivity index (χ4v) is 3.70. The Morgan fingerprint density at radius 1 is 1.36 bits per heavy atom. The SMILES string of the molecule is C#CCN1CCCC[C@H]1C(=O)N1CCC2(CC1)COC(=O)N2. The van der Waals surface area contributed by atoms with E-state index in [4.69, 9.17) is 11.2 Å². The molecule has 6 nitrogen and oxygen atoms in total. The van der Waals surface area contributed by atoms with Crippen molar-refractivity contribution in [1.29, 1.82) is 0 Å². The first-order chi connectivity index (χ1) is 10.6. The fourth-order valence-electron chi connectivity index (χ4n) is 3.70. The predicted molar refractivity (Wildman–Crippen MR) is 81.1 cm³/mol. The first-order valence-corrected chi connectivity index (χ1v) is 8.05. The number of carbonyl (C=O) groups excluding carboxylic acids is 2. The number of nitrogens with one attached hydrogen (secondary N) is 1. The number of hydrogen-bond donors (Lipinski definition) is 1. The number of alkyl carbamates (subject to hydrolysis) is 1. The van der Waals surface area contributed by atoms with Gasteiger partial charge in [0.05, 0.1) is 18.1 Å². The van der Waals surface area contributed by atoms with Gasteiger partial charge in [0, 0.05) is 13.1 Å². The summed E-state index contributed by atoms with van der Waals surface area (Å²) >= 11 is 0. The molecule has 3 heterocycles. The Morgan fingerprint density at radius 3 is 2.77 bits per heavy atom. The second-order valence-corrected chi connectivity index (χ2v) is 6.49. The van der Waals surface area contributed by atoms with Gasteiger partial charge in [0.15, 0.2) is 0 Å². The molecule has 0 aromatic heterocycles. The van der Waals surface area contributed by atoms with Crippen molar-refractivity contribution in [3.8, 4) is 12.3 Å². The van der Waals surface area contributed by atoms with E-state index in [1.165, 1.54) is 0 Å². The minimum absolute atomic E-state index is 0.0757. The molecule has 1 N–H and O–H groups in total. The van der Waals surface area contributed by atoms with E-state index in [2.05, 4.69) is 16.1 Å². The number of terminal acetylenes is 1. The van der Waals surface area contributed by atoms with E-state index in [-0.39, 0.29) is 23.6 Å². The minimum atomic E-state index is -0.341. The van der Waals surface area contributed by atoms with Crippen LogP contribution in [-0.4, -0.2) is 66.2 Å². The highest BCUT2D eigenvalue weighted by atomic mass is 16.6. The van der Waals surface area contributed by atoms with Crippen LogP contribution in [0.2, 0.25) is 0 Å². The van der Waals surface area contributed by atoms with Gasteiger partial charge in [-0.3, -0.25) is 9.69 Å². The van der Waals surface area contributed by atoms with Gasteiger partial charge in [-0.2, -0.15) is 0 Å². The molecule has 0 aliphatic carbocycles. The van der Waals surface area contributed by atoms with E-state index in [1.54, 1.807) is 0 Å². The average Bonchev–Trinajstić information content (AvgIpc) is 2.89. The highest BCUT2D eigenvalue weighted by Gasteiger charge is 2.44. The van der Waals surface area contributed by atoms with E-state index >= 15 is 0 Å². The molecule has 1 spiro atoms. The number of carbonyl (C=O) groups is 2. The monoisotopic (exact) mass is 305 g/mol. The Balaban J connectivity index is 1.59. The molecule has 0 bridgehead atoms. The van der Waals surface area contributed by atoms with Gasteiger partial charge in [-0.1, -0.05) is 12.3 Å². The summed E-state index contributed by atoms with van der Waals surface area (Å²) in [6.45, 7) is 3.20. The predicted octanol–water partition coefficient (Wildman–Crippen LogP) is 0.575. The lowest BCUT2D eigenvalue weighted by Crippen LogP contribution is -2.57. The molecule has 1 atom stereocenters. The first-order valence-electron chi connectivity index (χ1n) is 8.05. The fraction of sp³-hybridized carbons (Fsp3) is 0.750. The van der Waals surface area contributed by atoms with Gasteiger partial charge < -0.3 is 15.0 Å². The summed E-state index contributed by atoms with van der Waals surface area (Å²) in [5, 5.41) is 2.90. The number of likely N-dealkylation sites (tertiary alicyclic amines) is 2. The maximum Gasteiger partial charge on any atom is 0.407 e. The number of hydrogen-bond acceptors (Lipinski definition) is 4. The molecule has 2 amide bonds. The van der Waals surface area contributed by atoms with Crippen LogP contribution >= 0.6 is 0 Å². The zero-order valence-electron chi connectivity index (χ0n) is 12.8. The molecule has 3 aliphatic rings. The molecule has 3 rings (SSSR count). The average molecular weight is 305 g/mol. The number of piperidine rings is 2. The standard InChI is InChI=1S/C16H23N3O3/c1-2-8-18-9-4-3-5-13(18)14(20)19-10-6-16(7-11-19)12-22-15(21)17-16/h1,13H,3-12H2,(H,17,21)/t13-/m0/s1. The Kier molecular flexibility index (Phi) is 4.25. The van der Waals surface area contributed by atoms with Crippen LogP contribution < -0.4 is 5.32 Å². The second kappa shape index (κ2) is 6.17. The molecular weight excluding hydrogens is 282 g/mol. The molecule has 0 radical (unpaired) electrons. The van der Waals surface area contributed by atoms with E-state index in [1.807, 2.05) is 4.90 Å². The van der Waals surface area contributed by atoms with Crippen molar-refractivity contribution in [1.82, 2.24) is 15.1 Å². The van der Waals surface area contributed by atoms with E-state index < -0.39 is 0 Å². The Morgan fingerprint density at radius 2 is 2.14 bits per heavy atom. The van der Waals surface area contributed by atoms with Gasteiger partial charge in [-0.05, 0) is 32.2 Å². The van der Waals surface area contributed by atoms with Crippen molar-refractivity contribution in [2.75, 3.05) is 32.8 Å². The number of amides is 2. The third kappa shape index (κ3) is 2.91. The van der Waals surface area contributed by atoms with E-state index in [0.29, 0.717) is 26.2 Å². The third-order valence-electron chi connectivity index (χ3n) is 5.07. The molecule has 0 aromatic rings. The molecule has 0 saturated carbocycles. The van der Waals surface area contributed by atoms with Crippen molar-refractivity contribution in [3.63, 3.8) is 0 Å². The maximum absolute atomic E-state index is 12.8. The topological polar surface area (TPSA) is 61.9 Å². The molecule has 3 aliphatic heterocycles. The lowest BCUT2D eigenvalue weighted by Gasteiger charge is -2.41. The zero-order valence-corrected chi connectivity index (χ0v) is 12.8. The van der Waals surface area contributed by atoms with E-state index in [9.17, 15) is 9.59 Å². The van der Waals surface area contributed by atoms with E-state index in [0.717, 1.165) is 38.6 Å². The lowest BCUT2D eigenvalue weighted by molar-refractivity contribution is -0.139. The second-order valence-electron chi connectivity index (χ2n) is 6.49. The molecule has 3 fully saturated rings. The Bertz CT molecular complexity index is 491. The van der Waals surface area contributed by atoms with Crippen molar-refractivity contribution in [3.05, 3.63) is 0 Å². The van der Waals surface area contributed by atoms with Gasteiger partial charge in [0.1, 0.15) is 6.61 Å². The number of ether oxygens (including phenoxy) is 1. The highest BCUT2D eigenvalue weighted by Crippen LogP contribution is 2.28. The summed E-state index contributed by atoms with van der Waals surface area (Å²) in [4.78, 5) is 28.1. The molecule has 6 heteroatoms. The molecule has 120 valence electrons. The van der Waals surface area contributed by atoms with Crippen LogP contribution in [-0.2, 0) is 9.53 Å². The van der Waals surface area contributed by atoms with Crippen molar-refractivity contribution in [2.45, 2.75) is 43.7 Å².